The van der Waals surface area contributed by atoms with Gasteiger partial charge in [-0.25, -0.2) is 13.8 Å². The van der Waals surface area contributed by atoms with E-state index in [4.69, 9.17) is 4.84 Å². The Kier molecular flexibility index (Phi) is 2.14. The van der Waals surface area contributed by atoms with Crippen LogP contribution in [0.3, 0.4) is 0 Å². The third-order valence-corrected chi connectivity index (χ3v) is 1.94. The molecule has 0 aromatic heterocycles. The van der Waals surface area contributed by atoms with E-state index in [9.17, 15) is 8.78 Å². The molecule has 0 unspecified atom stereocenters. The molecule has 2 rings (SSSR count). The van der Waals surface area contributed by atoms with E-state index in [0.29, 0.717) is 13.2 Å². The van der Waals surface area contributed by atoms with Gasteiger partial charge in [0.1, 0.15) is 5.69 Å². The molecule has 0 atom stereocenters. The summed E-state index contributed by atoms with van der Waals surface area (Å²) in [6.45, 7) is 1.06. The van der Waals surface area contributed by atoms with Gasteiger partial charge in [0.25, 0.3) is 0 Å². The van der Waals surface area contributed by atoms with Crippen molar-refractivity contribution in [3.63, 3.8) is 0 Å². The van der Waals surface area contributed by atoms with Crippen molar-refractivity contribution >= 4 is 5.69 Å². The molecular formula is C9H9F2NO. The zero-order chi connectivity index (χ0) is 9.26. The van der Waals surface area contributed by atoms with E-state index in [0.717, 1.165) is 6.42 Å². The fourth-order valence-corrected chi connectivity index (χ4v) is 1.35. The minimum atomic E-state index is -0.582. The largest absolute Gasteiger partial charge is 0.273 e. The van der Waals surface area contributed by atoms with Crippen molar-refractivity contribution in [1.82, 2.24) is 0 Å². The maximum absolute atomic E-state index is 13.1. The Hall–Kier alpha value is -1.16. The molecule has 0 saturated carbocycles. The van der Waals surface area contributed by atoms with Gasteiger partial charge in [-0.2, -0.15) is 0 Å². The second kappa shape index (κ2) is 3.30. The van der Waals surface area contributed by atoms with Crippen molar-refractivity contribution in [2.45, 2.75) is 6.42 Å². The number of hydrogen-bond acceptors (Lipinski definition) is 2. The van der Waals surface area contributed by atoms with E-state index in [1.807, 2.05) is 0 Å². The maximum atomic E-state index is 13.1. The molecule has 13 heavy (non-hydrogen) atoms. The minimum Gasteiger partial charge on any atom is -0.273 e. The fourth-order valence-electron chi connectivity index (χ4n) is 1.35. The average Bonchev–Trinajstić information content (AvgIpc) is 2.57. The standard InChI is InChI=1S/C9H9F2NO/c10-7-3-1-4-8(11)9(7)12-5-2-6-13-12/h1,3-4H,2,5-6H2. The van der Waals surface area contributed by atoms with E-state index in [1.165, 1.54) is 23.3 Å². The van der Waals surface area contributed by atoms with Gasteiger partial charge in [-0.3, -0.25) is 4.84 Å². The molecule has 0 bridgehead atoms. The number of nitrogens with zero attached hydrogens (tertiary/aromatic N) is 1. The molecule has 1 aliphatic heterocycles. The van der Waals surface area contributed by atoms with Crippen LogP contribution in [-0.4, -0.2) is 13.2 Å². The monoisotopic (exact) mass is 185 g/mol. The normalized spacial score (nSPS) is 16.6. The van der Waals surface area contributed by atoms with Crippen LogP contribution < -0.4 is 5.06 Å². The Labute approximate surface area is 74.7 Å². The second-order valence-electron chi connectivity index (χ2n) is 2.86. The summed E-state index contributed by atoms with van der Waals surface area (Å²) in [6.07, 6.45) is 0.799. The molecule has 2 nitrogen and oxygen atoms in total. The van der Waals surface area contributed by atoms with Crippen LogP contribution in [0.1, 0.15) is 6.42 Å². The van der Waals surface area contributed by atoms with Gasteiger partial charge in [0.15, 0.2) is 11.6 Å². The third kappa shape index (κ3) is 1.49. The summed E-state index contributed by atoms with van der Waals surface area (Å²) in [4.78, 5) is 5.05. The van der Waals surface area contributed by atoms with E-state index in [-0.39, 0.29) is 5.69 Å². The van der Waals surface area contributed by atoms with Crippen molar-refractivity contribution in [2.24, 2.45) is 0 Å². The number of para-hydroxylation sites is 1. The molecule has 1 aromatic carbocycles. The Morgan fingerprint density at radius 1 is 1.23 bits per heavy atom. The van der Waals surface area contributed by atoms with E-state index < -0.39 is 11.6 Å². The molecule has 1 saturated heterocycles. The topological polar surface area (TPSA) is 12.5 Å². The predicted molar refractivity (Wildman–Crippen MR) is 44.3 cm³/mol. The molecule has 1 aromatic rings. The molecule has 1 heterocycles. The van der Waals surface area contributed by atoms with Gasteiger partial charge < -0.3 is 0 Å². The zero-order valence-corrected chi connectivity index (χ0v) is 6.96. The van der Waals surface area contributed by atoms with Crippen molar-refractivity contribution in [1.29, 1.82) is 0 Å². The fraction of sp³-hybridized carbons (Fsp3) is 0.333. The summed E-state index contributed by atoms with van der Waals surface area (Å²) in [7, 11) is 0. The van der Waals surface area contributed by atoms with Crippen molar-refractivity contribution in [3.8, 4) is 0 Å². The lowest BCUT2D eigenvalue weighted by atomic mass is 10.3. The molecule has 0 N–H and O–H groups in total. The van der Waals surface area contributed by atoms with Crippen LogP contribution in [0.2, 0.25) is 0 Å². The summed E-state index contributed by atoms with van der Waals surface area (Å²) >= 11 is 0. The summed E-state index contributed by atoms with van der Waals surface area (Å²) in [5.74, 6) is -1.16. The first-order valence-corrected chi connectivity index (χ1v) is 4.13. The number of rotatable bonds is 1. The Morgan fingerprint density at radius 3 is 2.46 bits per heavy atom. The highest BCUT2D eigenvalue weighted by Crippen LogP contribution is 2.25. The number of benzene rings is 1. The molecular weight excluding hydrogens is 176 g/mol. The SMILES string of the molecule is Fc1cccc(F)c1N1CCCO1. The highest BCUT2D eigenvalue weighted by Gasteiger charge is 2.20. The first-order valence-electron chi connectivity index (χ1n) is 4.13. The van der Waals surface area contributed by atoms with E-state index in [1.54, 1.807) is 0 Å². The van der Waals surface area contributed by atoms with Crippen LogP contribution in [0, 0.1) is 11.6 Å². The van der Waals surface area contributed by atoms with Crippen LogP contribution in [0.25, 0.3) is 0 Å². The quantitative estimate of drug-likeness (QED) is 0.664. The summed E-state index contributed by atoms with van der Waals surface area (Å²) < 4.78 is 26.3. The summed E-state index contributed by atoms with van der Waals surface area (Å²) in [6, 6.07) is 3.78. The summed E-state index contributed by atoms with van der Waals surface area (Å²) in [5, 5.41) is 1.27. The summed E-state index contributed by atoms with van der Waals surface area (Å²) in [5.41, 5.74) is -0.0833. The third-order valence-electron chi connectivity index (χ3n) is 1.94. The number of anilines is 1. The second-order valence-corrected chi connectivity index (χ2v) is 2.86. The maximum Gasteiger partial charge on any atom is 0.151 e. The number of hydroxylamine groups is 1. The molecule has 0 spiro atoms. The Balaban J connectivity index is 2.37. The number of hydrogen-bond donors (Lipinski definition) is 0. The van der Waals surface area contributed by atoms with Gasteiger partial charge in [0.2, 0.25) is 0 Å². The zero-order valence-electron chi connectivity index (χ0n) is 6.96. The Morgan fingerprint density at radius 2 is 1.92 bits per heavy atom. The van der Waals surface area contributed by atoms with E-state index in [2.05, 4.69) is 0 Å². The highest BCUT2D eigenvalue weighted by molar-refractivity contribution is 5.47. The van der Waals surface area contributed by atoms with Crippen LogP contribution >= 0.6 is 0 Å². The first-order chi connectivity index (χ1) is 6.29. The van der Waals surface area contributed by atoms with Gasteiger partial charge in [0.05, 0.1) is 6.61 Å². The van der Waals surface area contributed by atoms with Crippen LogP contribution in [0.5, 0.6) is 0 Å². The molecule has 4 heteroatoms. The minimum absolute atomic E-state index is 0.0833. The smallest absolute Gasteiger partial charge is 0.151 e. The lowest BCUT2D eigenvalue weighted by molar-refractivity contribution is 0.164. The highest BCUT2D eigenvalue weighted by atomic mass is 19.1. The molecule has 1 aliphatic rings. The number of halogens is 2. The van der Waals surface area contributed by atoms with Crippen LogP contribution in [0.4, 0.5) is 14.5 Å². The van der Waals surface area contributed by atoms with Gasteiger partial charge in [0, 0.05) is 6.54 Å². The molecule has 1 fully saturated rings. The Bertz CT molecular complexity index is 290. The lowest BCUT2D eigenvalue weighted by Gasteiger charge is -2.16. The molecule has 0 aliphatic carbocycles. The predicted octanol–water partition coefficient (Wildman–Crippen LogP) is 2.11. The van der Waals surface area contributed by atoms with Gasteiger partial charge >= 0.3 is 0 Å². The lowest BCUT2D eigenvalue weighted by Crippen LogP contribution is -2.18. The molecule has 0 radical (unpaired) electrons. The van der Waals surface area contributed by atoms with Crippen molar-refractivity contribution < 1.29 is 13.6 Å². The van der Waals surface area contributed by atoms with Crippen molar-refractivity contribution in [2.75, 3.05) is 18.2 Å². The molecule has 0 amide bonds. The van der Waals surface area contributed by atoms with Gasteiger partial charge in [-0.1, -0.05) is 6.07 Å². The van der Waals surface area contributed by atoms with Crippen molar-refractivity contribution in [3.05, 3.63) is 29.8 Å². The van der Waals surface area contributed by atoms with Crippen LogP contribution in [-0.2, 0) is 4.84 Å². The van der Waals surface area contributed by atoms with E-state index >= 15 is 0 Å². The first kappa shape index (κ1) is 8.44. The average molecular weight is 185 g/mol. The molecule has 70 valence electrons. The van der Waals surface area contributed by atoms with Gasteiger partial charge in [-0.05, 0) is 18.6 Å². The van der Waals surface area contributed by atoms with Gasteiger partial charge in [-0.15, -0.1) is 0 Å². The van der Waals surface area contributed by atoms with Crippen LogP contribution in [0.15, 0.2) is 18.2 Å².